The number of nitrogens with two attached hydrogens (primary N) is 1. The number of nitrogen functional groups attached to an aromatic ring is 1. The van der Waals surface area contributed by atoms with E-state index in [1.165, 1.54) is 12.3 Å². The Kier molecular flexibility index (Phi) is 4.91. The van der Waals surface area contributed by atoms with Crippen LogP contribution in [-0.4, -0.2) is 33.2 Å². The zero-order chi connectivity index (χ0) is 12.0. The van der Waals surface area contributed by atoms with Gasteiger partial charge in [-0.2, -0.15) is 0 Å². The maximum atomic E-state index is 11.6. The lowest BCUT2D eigenvalue weighted by Crippen LogP contribution is -2.28. The van der Waals surface area contributed by atoms with Crippen LogP contribution in [0.3, 0.4) is 0 Å². The van der Waals surface area contributed by atoms with Crippen molar-refractivity contribution in [2.24, 2.45) is 0 Å². The third-order valence-corrected chi connectivity index (χ3v) is 3.28. The van der Waals surface area contributed by atoms with Crippen molar-refractivity contribution in [1.29, 1.82) is 0 Å². The Morgan fingerprint density at radius 2 is 2.38 bits per heavy atom. The van der Waals surface area contributed by atoms with Gasteiger partial charge in [0.2, 0.25) is 0 Å². The molecule has 0 fully saturated rings. The Morgan fingerprint density at radius 1 is 1.62 bits per heavy atom. The van der Waals surface area contributed by atoms with Gasteiger partial charge in [-0.3, -0.25) is 9.00 Å². The lowest BCUT2D eigenvalue weighted by molar-refractivity contribution is 0.0956. The van der Waals surface area contributed by atoms with Gasteiger partial charge in [-0.1, -0.05) is 6.92 Å². The van der Waals surface area contributed by atoms with Crippen molar-refractivity contribution in [2.45, 2.75) is 6.92 Å². The summed E-state index contributed by atoms with van der Waals surface area (Å²) < 4.78 is 11.1. The zero-order valence-electron chi connectivity index (χ0n) is 9.10. The van der Waals surface area contributed by atoms with Crippen LogP contribution in [0.2, 0.25) is 0 Å². The first-order valence-corrected chi connectivity index (χ1v) is 6.47. The van der Waals surface area contributed by atoms with E-state index in [9.17, 15) is 9.00 Å². The number of rotatable bonds is 5. The summed E-state index contributed by atoms with van der Waals surface area (Å²) in [5, 5.41) is 2.68. The van der Waals surface area contributed by atoms with Gasteiger partial charge in [0.1, 0.15) is 5.82 Å². The SMILES string of the molecule is CCS(=O)CCNC(=O)c1ccnc(N)c1. The number of amides is 1. The predicted molar refractivity (Wildman–Crippen MR) is 64.5 cm³/mol. The van der Waals surface area contributed by atoms with Crippen molar-refractivity contribution in [1.82, 2.24) is 10.3 Å². The summed E-state index contributed by atoms with van der Waals surface area (Å²) in [6, 6.07) is 3.09. The number of aromatic nitrogens is 1. The minimum Gasteiger partial charge on any atom is -0.384 e. The molecule has 1 heterocycles. The molecule has 6 heteroatoms. The van der Waals surface area contributed by atoms with E-state index in [-0.39, 0.29) is 5.91 Å². The average Bonchev–Trinajstić information content (AvgIpc) is 2.28. The molecular formula is C10H15N3O2S. The third kappa shape index (κ3) is 3.98. The maximum absolute atomic E-state index is 11.6. The Hall–Kier alpha value is -1.43. The summed E-state index contributed by atoms with van der Waals surface area (Å²) in [5.74, 6) is 1.17. The van der Waals surface area contributed by atoms with Gasteiger partial charge in [-0.25, -0.2) is 4.98 Å². The third-order valence-electron chi connectivity index (χ3n) is 1.98. The van der Waals surface area contributed by atoms with Gasteiger partial charge < -0.3 is 11.1 Å². The summed E-state index contributed by atoms with van der Waals surface area (Å²) in [7, 11) is -0.856. The van der Waals surface area contributed by atoms with Crippen LogP contribution in [0.25, 0.3) is 0 Å². The van der Waals surface area contributed by atoms with Gasteiger partial charge in [-0.05, 0) is 12.1 Å². The predicted octanol–water partition coefficient (Wildman–Crippen LogP) is 0.162. The van der Waals surface area contributed by atoms with Gasteiger partial charge in [0.25, 0.3) is 5.91 Å². The highest BCUT2D eigenvalue weighted by Gasteiger charge is 2.05. The molecule has 1 aromatic rings. The second-order valence-corrected chi connectivity index (χ2v) is 5.02. The molecule has 1 unspecified atom stereocenters. The molecule has 0 aromatic carbocycles. The van der Waals surface area contributed by atoms with Crippen LogP contribution in [0.5, 0.6) is 0 Å². The maximum Gasteiger partial charge on any atom is 0.251 e. The van der Waals surface area contributed by atoms with Crippen LogP contribution in [-0.2, 0) is 10.8 Å². The fourth-order valence-corrected chi connectivity index (χ4v) is 1.73. The quantitative estimate of drug-likeness (QED) is 0.769. The highest BCUT2D eigenvalue weighted by molar-refractivity contribution is 7.84. The number of nitrogens with one attached hydrogen (secondary N) is 1. The standard InChI is InChI=1S/C10H15N3O2S/c1-2-16(15)6-5-13-10(14)8-3-4-12-9(11)7-8/h3-4,7H,2,5-6H2,1H3,(H2,11,12)(H,13,14). The van der Waals surface area contributed by atoms with Gasteiger partial charge in [0.05, 0.1) is 0 Å². The van der Waals surface area contributed by atoms with Crippen molar-refractivity contribution in [3.63, 3.8) is 0 Å². The molecule has 0 spiro atoms. The van der Waals surface area contributed by atoms with Crippen LogP contribution < -0.4 is 11.1 Å². The molecule has 0 saturated carbocycles. The van der Waals surface area contributed by atoms with Crippen LogP contribution in [0.1, 0.15) is 17.3 Å². The first-order valence-electron chi connectivity index (χ1n) is 4.98. The van der Waals surface area contributed by atoms with E-state index in [0.29, 0.717) is 29.4 Å². The summed E-state index contributed by atoms with van der Waals surface area (Å²) in [4.78, 5) is 15.4. The van der Waals surface area contributed by atoms with E-state index < -0.39 is 10.8 Å². The number of carbonyl (C=O) groups excluding carboxylic acids is 1. The number of anilines is 1. The molecule has 1 atom stereocenters. The Bertz CT molecular complexity index is 395. The van der Waals surface area contributed by atoms with Crippen LogP contribution >= 0.6 is 0 Å². The Morgan fingerprint density at radius 3 is 3.00 bits per heavy atom. The monoisotopic (exact) mass is 241 g/mol. The smallest absolute Gasteiger partial charge is 0.251 e. The Balaban J connectivity index is 2.44. The van der Waals surface area contributed by atoms with E-state index in [4.69, 9.17) is 5.73 Å². The molecule has 5 nitrogen and oxygen atoms in total. The molecular weight excluding hydrogens is 226 g/mol. The highest BCUT2D eigenvalue weighted by Crippen LogP contribution is 2.02. The van der Waals surface area contributed by atoms with E-state index in [2.05, 4.69) is 10.3 Å². The minimum atomic E-state index is -0.856. The molecule has 0 aliphatic heterocycles. The van der Waals surface area contributed by atoms with Gasteiger partial charge in [0, 0.05) is 40.6 Å². The summed E-state index contributed by atoms with van der Waals surface area (Å²) in [5.41, 5.74) is 5.92. The molecule has 0 saturated heterocycles. The fraction of sp³-hybridized carbons (Fsp3) is 0.400. The number of hydrogen-bond donors (Lipinski definition) is 2. The van der Waals surface area contributed by atoms with Gasteiger partial charge in [-0.15, -0.1) is 0 Å². The highest BCUT2D eigenvalue weighted by atomic mass is 32.2. The summed E-state index contributed by atoms with van der Waals surface area (Å²) in [6.45, 7) is 2.25. The number of hydrogen-bond acceptors (Lipinski definition) is 4. The molecule has 0 bridgehead atoms. The molecule has 0 radical (unpaired) electrons. The van der Waals surface area contributed by atoms with Crippen molar-refractivity contribution in [2.75, 3.05) is 23.8 Å². The minimum absolute atomic E-state index is 0.220. The normalized spacial score (nSPS) is 12.1. The van der Waals surface area contributed by atoms with Gasteiger partial charge in [0.15, 0.2) is 0 Å². The molecule has 16 heavy (non-hydrogen) atoms. The first-order chi connectivity index (χ1) is 7.63. The second-order valence-electron chi connectivity index (χ2n) is 3.16. The van der Waals surface area contributed by atoms with E-state index in [1.807, 2.05) is 6.92 Å². The first kappa shape index (κ1) is 12.6. The molecule has 88 valence electrons. The lowest BCUT2D eigenvalue weighted by Gasteiger charge is -2.04. The topological polar surface area (TPSA) is 85.1 Å². The summed E-state index contributed by atoms with van der Waals surface area (Å²) >= 11 is 0. The molecule has 0 aliphatic rings. The summed E-state index contributed by atoms with van der Waals surface area (Å²) in [6.07, 6.45) is 1.48. The van der Waals surface area contributed by atoms with E-state index in [0.717, 1.165) is 0 Å². The Labute approximate surface area is 96.9 Å². The van der Waals surface area contributed by atoms with E-state index in [1.54, 1.807) is 6.07 Å². The molecule has 1 aromatic heterocycles. The molecule has 3 N–H and O–H groups in total. The fourth-order valence-electron chi connectivity index (χ4n) is 1.11. The van der Waals surface area contributed by atoms with Crippen LogP contribution in [0, 0.1) is 0 Å². The zero-order valence-corrected chi connectivity index (χ0v) is 9.92. The van der Waals surface area contributed by atoms with E-state index >= 15 is 0 Å². The van der Waals surface area contributed by atoms with Gasteiger partial charge >= 0.3 is 0 Å². The van der Waals surface area contributed by atoms with Crippen molar-refractivity contribution in [3.8, 4) is 0 Å². The van der Waals surface area contributed by atoms with Crippen LogP contribution in [0.15, 0.2) is 18.3 Å². The van der Waals surface area contributed by atoms with Crippen molar-refractivity contribution < 1.29 is 9.00 Å². The number of pyridine rings is 1. The largest absolute Gasteiger partial charge is 0.384 e. The number of nitrogens with zero attached hydrogens (tertiary/aromatic N) is 1. The lowest BCUT2D eigenvalue weighted by atomic mass is 10.2. The van der Waals surface area contributed by atoms with Crippen molar-refractivity contribution in [3.05, 3.63) is 23.9 Å². The van der Waals surface area contributed by atoms with Crippen LogP contribution in [0.4, 0.5) is 5.82 Å². The molecule has 0 aliphatic carbocycles. The molecule has 1 amide bonds. The molecule has 1 rings (SSSR count). The second kappa shape index (κ2) is 6.22. The van der Waals surface area contributed by atoms with Crippen molar-refractivity contribution >= 4 is 22.5 Å². The number of carbonyl (C=O) groups is 1. The average molecular weight is 241 g/mol.